The summed E-state index contributed by atoms with van der Waals surface area (Å²) in [4.78, 5) is 27.9. The number of carboxylic acids is 1. The molecule has 0 radical (unpaired) electrons. The van der Waals surface area contributed by atoms with Crippen molar-refractivity contribution in [1.29, 1.82) is 0 Å². The van der Waals surface area contributed by atoms with Crippen LogP contribution in [-0.4, -0.2) is 45.2 Å². The highest BCUT2D eigenvalue weighted by molar-refractivity contribution is 5.75. The second-order valence-corrected chi connectivity index (χ2v) is 4.59. The average Bonchev–Trinajstić information content (AvgIpc) is 2.84. The van der Waals surface area contributed by atoms with E-state index in [-0.39, 0.29) is 31.5 Å². The van der Waals surface area contributed by atoms with Gasteiger partial charge in [-0.25, -0.2) is 4.79 Å². The molecule has 1 aromatic heterocycles. The third-order valence-corrected chi connectivity index (χ3v) is 2.61. The minimum absolute atomic E-state index is 0.0890. The first-order valence-corrected chi connectivity index (χ1v) is 6.51. The lowest BCUT2D eigenvalue weighted by Crippen LogP contribution is -2.40. The Morgan fingerprint density at radius 1 is 1.45 bits per heavy atom. The number of hydrogen-bond acceptors (Lipinski definition) is 5. The molecule has 0 bridgehead atoms. The number of amides is 2. The van der Waals surface area contributed by atoms with Crippen molar-refractivity contribution >= 4 is 12.0 Å². The van der Waals surface area contributed by atoms with Crippen LogP contribution < -0.4 is 5.32 Å². The highest BCUT2D eigenvalue weighted by Crippen LogP contribution is 2.11. The van der Waals surface area contributed by atoms with Crippen LogP contribution in [0, 0.1) is 0 Å². The Hall–Kier alpha value is -2.12. The molecule has 0 saturated carbocycles. The first kappa shape index (κ1) is 15.9. The summed E-state index contributed by atoms with van der Waals surface area (Å²) in [5.74, 6) is 0.171. The number of carbonyl (C=O) groups is 2. The van der Waals surface area contributed by atoms with Crippen molar-refractivity contribution < 1.29 is 19.2 Å². The van der Waals surface area contributed by atoms with Gasteiger partial charge in [0.1, 0.15) is 6.54 Å². The van der Waals surface area contributed by atoms with Gasteiger partial charge in [0.2, 0.25) is 5.89 Å². The molecule has 2 N–H and O–H groups in total. The zero-order valence-electron chi connectivity index (χ0n) is 11.9. The zero-order valence-corrected chi connectivity index (χ0v) is 11.9. The van der Waals surface area contributed by atoms with Crippen LogP contribution in [0.25, 0.3) is 0 Å². The normalized spacial score (nSPS) is 10.6. The Balaban J connectivity index is 2.52. The quantitative estimate of drug-likeness (QED) is 0.778. The van der Waals surface area contributed by atoms with E-state index in [1.165, 1.54) is 4.90 Å². The number of aromatic nitrogens is 2. The molecule has 0 aliphatic heterocycles. The van der Waals surface area contributed by atoms with E-state index in [2.05, 4.69) is 15.5 Å². The van der Waals surface area contributed by atoms with E-state index in [1.807, 2.05) is 20.8 Å². The SMILES string of the molecule is CCN(Cc1nc(C(C)C)no1)C(=O)NCCC(=O)O. The molecule has 0 atom stereocenters. The number of carboxylic acid groups (broad SMARTS) is 1. The minimum atomic E-state index is -0.952. The molecule has 0 saturated heterocycles. The number of aliphatic carboxylic acids is 1. The van der Waals surface area contributed by atoms with Crippen molar-refractivity contribution in [2.75, 3.05) is 13.1 Å². The van der Waals surface area contributed by atoms with Crippen molar-refractivity contribution in [3.8, 4) is 0 Å². The number of urea groups is 1. The summed E-state index contributed by atoms with van der Waals surface area (Å²) < 4.78 is 5.07. The molecule has 1 heterocycles. The second-order valence-electron chi connectivity index (χ2n) is 4.59. The van der Waals surface area contributed by atoms with Crippen LogP contribution in [0.4, 0.5) is 4.79 Å². The maximum Gasteiger partial charge on any atom is 0.317 e. The second kappa shape index (κ2) is 7.46. The predicted molar refractivity (Wildman–Crippen MR) is 70.1 cm³/mol. The third-order valence-electron chi connectivity index (χ3n) is 2.61. The van der Waals surface area contributed by atoms with E-state index in [4.69, 9.17) is 9.63 Å². The van der Waals surface area contributed by atoms with Crippen LogP contribution in [0.5, 0.6) is 0 Å². The van der Waals surface area contributed by atoms with Gasteiger partial charge in [0.15, 0.2) is 5.82 Å². The summed E-state index contributed by atoms with van der Waals surface area (Å²) in [5, 5.41) is 14.9. The molecule has 0 aliphatic rings. The molecule has 0 aliphatic carbocycles. The molecule has 0 spiro atoms. The Morgan fingerprint density at radius 3 is 2.65 bits per heavy atom. The van der Waals surface area contributed by atoms with Crippen LogP contribution in [0.3, 0.4) is 0 Å². The number of rotatable bonds is 7. The monoisotopic (exact) mass is 284 g/mol. The smallest absolute Gasteiger partial charge is 0.317 e. The van der Waals surface area contributed by atoms with Gasteiger partial charge in [-0.1, -0.05) is 19.0 Å². The van der Waals surface area contributed by atoms with Crippen LogP contribution in [0.2, 0.25) is 0 Å². The van der Waals surface area contributed by atoms with Crippen LogP contribution in [0.15, 0.2) is 4.52 Å². The third kappa shape index (κ3) is 4.87. The molecular formula is C12H20N4O4. The fourth-order valence-electron chi connectivity index (χ4n) is 1.45. The van der Waals surface area contributed by atoms with E-state index in [0.717, 1.165) is 0 Å². The van der Waals surface area contributed by atoms with Gasteiger partial charge in [-0.05, 0) is 6.92 Å². The van der Waals surface area contributed by atoms with Crippen molar-refractivity contribution in [1.82, 2.24) is 20.4 Å². The highest BCUT2D eigenvalue weighted by atomic mass is 16.5. The van der Waals surface area contributed by atoms with Gasteiger partial charge in [-0.15, -0.1) is 0 Å². The van der Waals surface area contributed by atoms with Gasteiger partial charge < -0.3 is 19.8 Å². The first-order chi connectivity index (χ1) is 9.43. The topological polar surface area (TPSA) is 109 Å². The lowest BCUT2D eigenvalue weighted by atomic mass is 10.2. The van der Waals surface area contributed by atoms with Crippen molar-refractivity contribution in [3.63, 3.8) is 0 Å². The first-order valence-electron chi connectivity index (χ1n) is 6.51. The summed E-state index contributed by atoms with van der Waals surface area (Å²) >= 11 is 0. The number of nitrogens with zero attached hydrogens (tertiary/aromatic N) is 3. The van der Waals surface area contributed by atoms with Crippen molar-refractivity contribution in [2.45, 2.75) is 39.7 Å². The molecule has 20 heavy (non-hydrogen) atoms. The van der Waals surface area contributed by atoms with Gasteiger partial charge in [0, 0.05) is 19.0 Å². The number of nitrogens with one attached hydrogen (secondary N) is 1. The van der Waals surface area contributed by atoms with Crippen molar-refractivity contribution in [2.24, 2.45) is 0 Å². The maximum atomic E-state index is 11.8. The fraction of sp³-hybridized carbons (Fsp3) is 0.667. The van der Waals surface area contributed by atoms with E-state index >= 15 is 0 Å². The summed E-state index contributed by atoms with van der Waals surface area (Å²) in [7, 11) is 0. The Labute approximate surface area is 117 Å². The molecule has 8 heteroatoms. The molecule has 0 aromatic carbocycles. The largest absolute Gasteiger partial charge is 0.481 e. The Kier molecular flexibility index (Phi) is 5.95. The van der Waals surface area contributed by atoms with Gasteiger partial charge in [0.05, 0.1) is 6.42 Å². The Bertz CT molecular complexity index is 458. The molecule has 0 fully saturated rings. The van der Waals surface area contributed by atoms with Gasteiger partial charge in [-0.2, -0.15) is 4.98 Å². The van der Waals surface area contributed by atoms with Crippen LogP contribution in [0.1, 0.15) is 44.8 Å². The number of hydrogen-bond donors (Lipinski definition) is 2. The lowest BCUT2D eigenvalue weighted by Gasteiger charge is -2.19. The summed E-state index contributed by atoms with van der Waals surface area (Å²) in [6, 6.07) is -0.349. The molecular weight excluding hydrogens is 264 g/mol. The molecule has 112 valence electrons. The number of carbonyl (C=O) groups excluding carboxylic acids is 1. The lowest BCUT2D eigenvalue weighted by molar-refractivity contribution is -0.136. The average molecular weight is 284 g/mol. The predicted octanol–water partition coefficient (Wildman–Crippen LogP) is 1.20. The van der Waals surface area contributed by atoms with Crippen LogP contribution in [-0.2, 0) is 11.3 Å². The van der Waals surface area contributed by atoms with E-state index < -0.39 is 5.97 Å². The maximum absolute atomic E-state index is 11.8. The summed E-state index contributed by atoms with van der Waals surface area (Å²) in [6.45, 7) is 6.46. The molecule has 1 rings (SSSR count). The molecule has 8 nitrogen and oxygen atoms in total. The van der Waals surface area contributed by atoms with E-state index in [9.17, 15) is 9.59 Å². The van der Waals surface area contributed by atoms with Gasteiger partial charge in [0.25, 0.3) is 0 Å². The minimum Gasteiger partial charge on any atom is -0.481 e. The van der Waals surface area contributed by atoms with Crippen molar-refractivity contribution in [3.05, 3.63) is 11.7 Å². The van der Waals surface area contributed by atoms with Gasteiger partial charge >= 0.3 is 12.0 Å². The van der Waals surface area contributed by atoms with E-state index in [0.29, 0.717) is 18.3 Å². The summed E-state index contributed by atoms with van der Waals surface area (Å²) in [6.07, 6.45) is -0.110. The molecule has 1 aromatic rings. The molecule has 2 amide bonds. The standard InChI is InChI=1S/C12H20N4O4/c1-4-16(12(19)13-6-5-10(17)18)7-9-14-11(8(2)3)15-20-9/h8H,4-7H2,1-3H3,(H,13,19)(H,17,18). The van der Waals surface area contributed by atoms with Crippen LogP contribution >= 0.6 is 0 Å². The highest BCUT2D eigenvalue weighted by Gasteiger charge is 2.17. The van der Waals surface area contributed by atoms with E-state index in [1.54, 1.807) is 0 Å². The Morgan fingerprint density at radius 2 is 2.15 bits per heavy atom. The zero-order chi connectivity index (χ0) is 15.1. The fourth-order valence-corrected chi connectivity index (χ4v) is 1.45. The van der Waals surface area contributed by atoms with Gasteiger partial charge in [-0.3, -0.25) is 4.79 Å². The summed E-state index contributed by atoms with van der Waals surface area (Å²) in [5.41, 5.74) is 0. The molecule has 0 unspecified atom stereocenters.